The van der Waals surface area contributed by atoms with E-state index in [4.69, 9.17) is 4.74 Å². The monoisotopic (exact) mass is 328 g/mol. The molecule has 4 aliphatic carbocycles. The van der Waals surface area contributed by atoms with Crippen molar-refractivity contribution in [2.75, 3.05) is 0 Å². The van der Waals surface area contributed by atoms with Crippen molar-refractivity contribution in [2.45, 2.75) is 73.7 Å². The quantitative estimate of drug-likeness (QED) is 0.737. The fourth-order valence-corrected chi connectivity index (χ4v) is 9.84. The van der Waals surface area contributed by atoms with Crippen LogP contribution < -0.4 is 0 Å². The van der Waals surface area contributed by atoms with Gasteiger partial charge in [0.1, 0.15) is 0 Å². The number of ether oxygens (including phenoxy) is 1. The maximum absolute atomic E-state index is 10.7. The molecule has 4 aliphatic rings. The van der Waals surface area contributed by atoms with Crippen LogP contribution in [0, 0.1) is 11.8 Å². The molecule has 5 heteroatoms. The number of hydrogen-bond acceptors (Lipinski definition) is 2. The topological polar surface area (TPSA) is 49.7 Å². The highest BCUT2D eigenvalue weighted by atomic mass is 32.2. The van der Waals surface area contributed by atoms with Crippen LogP contribution in [-0.2, 0) is 4.74 Å². The van der Waals surface area contributed by atoms with Crippen molar-refractivity contribution in [1.82, 2.24) is 0 Å². The Balaban J connectivity index is 1.78. The van der Waals surface area contributed by atoms with E-state index >= 15 is 0 Å². The first-order valence-electron chi connectivity index (χ1n) is 8.24. The zero-order chi connectivity index (χ0) is 14.7. The fraction of sp³-hybridized carbons (Fsp3) is 0.875. The van der Waals surface area contributed by atoms with Gasteiger partial charge in [-0.25, -0.2) is 0 Å². The third kappa shape index (κ3) is 2.19. The van der Waals surface area contributed by atoms with E-state index in [1.807, 2.05) is 0 Å². The molecular formula is C16H24O3S2. The number of thiocarbonyl (C=S) groups is 1. The minimum atomic E-state index is -0.530. The first-order chi connectivity index (χ1) is 10.0. The Bertz CT molecular complexity index is 466. The summed E-state index contributed by atoms with van der Waals surface area (Å²) in [5.74, 6) is 1.70. The highest BCUT2D eigenvalue weighted by molar-refractivity contribution is 8.17. The third-order valence-electron chi connectivity index (χ3n) is 6.57. The van der Waals surface area contributed by atoms with Crippen LogP contribution in [0.5, 0.6) is 0 Å². The lowest BCUT2D eigenvalue weighted by atomic mass is 9.99. The van der Waals surface area contributed by atoms with Crippen LogP contribution in [0.25, 0.3) is 0 Å². The molecule has 0 aliphatic heterocycles. The van der Waals surface area contributed by atoms with Gasteiger partial charge in [-0.15, -0.1) is 10.5 Å². The first-order valence-corrected chi connectivity index (χ1v) is 9.88. The normalized spacial score (nSPS) is 45.0. The number of fused-ring (bicyclic) bond motifs is 4. The number of rotatable bonds is 2. The molecule has 0 saturated heterocycles. The maximum atomic E-state index is 10.7. The summed E-state index contributed by atoms with van der Waals surface area (Å²) in [5, 5.41) is 19.5. The zero-order valence-corrected chi connectivity index (χ0v) is 14.0. The van der Waals surface area contributed by atoms with Gasteiger partial charge < -0.3 is 14.9 Å². The van der Waals surface area contributed by atoms with Gasteiger partial charge in [0, 0.05) is 21.7 Å². The molecule has 0 radical (unpaired) electrons. The minimum Gasteiger partial charge on any atom is -0.472 e. The molecule has 2 N–H and O–H groups in total. The zero-order valence-electron chi connectivity index (χ0n) is 12.3. The molecule has 0 heterocycles. The van der Waals surface area contributed by atoms with Crippen molar-refractivity contribution >= 4 is 33.2 Å². The van der Waals surface area contributed by atoms with Gasteiger partial charge in [0.05, 0.1) is 0 Å². The Hall–Kier alpha value is -0.130. The molecule has 0 aromatic carbocycles. The van der Waals surface area contributed by atoms with Crippen LogP contribution in [0.3, 0.4) is 0 Å². The predicted molar refractivity (Wildman–Crippen MR) is 90.2 cm³/mol. The smallest absolute Gasteiger partial charge is 0.357 e. The highest BCUT2D eigenvalue weighted by Gasteiger charge is 2.57. The number of aliphatic hydroxyl groups is 2. The molecule has 0 spiro atoms. The van der Waals surface area contributed by atoms with Crippen molar-refractivity contribution in [3.8, 4) is 0 Å². The Morgan fingerprint density at radius 2 is 1.33 bits per heavy atom. The first kappa shape index (κ1) is 14.5. The molecule has 3 nitrogen and oxygen atoms in total. The molecule has 4 saturated carbocycles. The van der Waals surface area contributed by atoms with E-state index in [0.29, 0.717) is 0 Å². The number of hydrogen-bond donors (Lipinski definition) is 2. The lowest BCUT2D eigenvalue weighted by Gasteiger charge is -2.42. The van der Waals surface area contributed by atoms with Crippen LogP contribution in [0.4, 0.5) is 0 Å². The van der Waals surface area contributed by atoms with Crippen molar-refractivity contribution in [2.24, 2.45) is 11.8 Å². The number of aliphatic hydroxyl groups excluding tert-OH is 2. The van der Waals surface area contributed by atoms with E-state index in [-0.39, 0.29) is 25.2 Å². The van der Waals surface area contributed by atoms with Gasteiger partial charge in [0.25, 0.3) is 5.24 Å². The predicted octanol–water partition coefficient (Wildman–Crippen LogP) is 4.43. The summed E-state index contributed by atoms with van der Waals surface area (Å²) in [6.07, 6.45) is 12.6. The lowest BCUT2D eigenvalue weighted by molar-refractivity contribution is 0.322. The molecular weight excluding hydrogens is 304 g/mol. The van der Waals surface area contributed by atoms with Crippen LogP contribution >= 0.6 is 22.7 Å². The summed E-state index contributed by atoms with van der Waals surface area (Å²) < 4.78 is 5.67. The summed E-state index contributed by atoms with van der Waals surface area (Å²) in [5.41, 5.74) is 0. The largest absolute Gasteiger partial charge is 0.472 e. The second kappa shape index (κ2) is 4.93. The van der Waals surface area contributed by atoms with E-state index < -0.39 is 5.24 Å². The second-order valence-corrected chi connectivity index (χ2v) is 10.6. The SMILES string of the molecule is OC(=S)OC(O)=S(C12CCC(CC1)C2)C12CCC(CC1)C2. The van der Waals surface area contributed by atoms with Crippen molar-refractivity contribution < 1.29 is 14.9 Å². The summed E-state index contributed by atoms with van der Waals surface area (Å²) in [4.78, 5) is 0. The van der Waals surface area contributed by atoms with Gasteiger partial charge in [0.2, 0.25) is 0 Å². The molecule has 4 fully saturated rings. The van der Waals surface area contributed by atoms with Crippen LogP contribution in [0.2, 0.25) is 0 Å². The van der Waals surface area contributed by atoms with Crippen LogP contribution in [0.1, 0.15) is 64.2 Å². The summed E-state index contributed by atoms with van der Waals surface area (Å²) in [6.45, 7) is 0. The van der Waals surface area contributed by atoms with Crippen molar-refractivity contribution in [3.63, 3.8) is 0 Å². The maximum Gasteiger partial charge on any atom is 0.357 e. The average Bonchev–Trinajstić information content (AvgIpc) is 3.17. The van der Waals surface area contributed by atoms with E-state index in [1.165, 1.54) is 64.2 Å². The van der Waals surface area contributed by atoms with E-state index in [9.17, 15) is 10.2 Å². The summed E-state index contributed by atoms with van der Waals surface area (Å²) >= 11 is 4.66. The Morgan fingerprint density at radius 1 is 0.905 bits per heavy atom. The highest BCUT2D eigenvalue weighted by Crippen LogP contribution is 2.69. The van der Waals surface area contributed by atoms with Gasteiger partial charge in [0.15, 0.2) is 0 Å². The fourth-order valence-electron chi connectivity index (χ4n) is 5.80. The van der Waals surface area contributed by atoms with Crippen LogP contribution in [-0.4, -0.2) is 30.2 Å². The van der Waals surface area contributed by atoms with Crippen molar-refractivity contribution in [1.29, 1.82) is 0 Å². The Labute approximate surface area is 134 Å². The molecule has 0 aromatic heterocycles. The average molecular weight is 328 g/mol. The van der Waals surface area contributed by atoms with E-state index in [1.54, 1.807) is 0 Å². The van der Waals surface area contributed by atoms with E-state index in [0.717, 1.165) is 11.8 Å². The molecule has 118 valence electrons. The standard InChI is InChI=1S/C16H24O3S2/c17-13(20)19-14(18)21(15-5-1-11(9-15)2-6-15)16-7-3-12(10-16)4-8-16/h11-12,18H,1-10H2,(H,17,20). The molecule has 0 unspecified atom stereocenters. The van der Waals surface area contributed by atoms with Gasteiger partial charge in [-0.1, -0.05) is 0 Å². The third-order valence-corrected chi connectivity index (χ3v) is 9.97. The van der Waals surface area contributed by atoms with Gasteiger partial charge in [-0.2, -0.15) is 0 Å². The van der Waals surface area contributed by atoms with Gasteiger partial charge in [-0.05, 0) is 76.0 Å². The van der Waals surface area contributed by atoms with Crippen LogP contribution in [0.15, 0.2) is 0 Å². The lowest BCUT2D eigenvalue weighted by Crippen LogP contribution is -2.36. The second-order valence-electron chi connectivity index (χ2n) is 7.60. The molecule has 0 aromatic rings. The van der Waals surface area contributed by atoms with Crippen molar-refractivity contribution in [3.05, 3.63) is 0 Å². The van der Waals surface area contributed by atoms with Gasteiger partial charge >= 0.3 is 5.24 Å². The molecule has 0 atom stereocenters. The van der Waals surface area contributed by atoms with E-state index in [2.05, 4.69) is 12.2 Å². The summed E-state index contributed by atoms with van der Waals surface area (Å²) in [6, 6.07) is 0. The molecule has 21 heavy (non-hydrogen) atoms. The Kier molecular flexibility index (Phi) is 3.40. The molecule has 4 rings (SSSR count). The minimum absolute atomic E-state index is 0.0487. The Morgan fingerprint density at radius 3 is 1.62 bits per heavy atom. The molecule has 4 bridgehead atoms. The summed E-state index contributed by atoms with van der Waals surface area (Å²) in [7, 11) is -0.272. The molecule has 0 amide bonds. The van der Waals surface area contributed by atoms with Gasteiger partial charge in [-0.3, -0.25) is 0 Å².